The summed E-state index contributed by atoms with van der Waals surface area (Å²) < 4.78 is 5.74. The quantitative estimate of drug-likeness (QED) is 0.525. The molecule has 0 unspecified atom stereocenters. The Labute approximate surface area is 103 Å². The maximum atomic E-state index is 11.5. The van der Waals surface area contributed by atoms with Crippen molar-refractivity contribution >= 4 is 34.2 Å². The van der Waals surface area contributed by atoms with E-state index in [1.807, 2.05) is 6.07 Å². The van der Waals surface area contributed by atoms with E-state index in [2.05, 4.69) is 32.9 Å². The van der Waals surface area contributed by atoms with Crippen molar-refractivity contribution in [1.82, 2.24) is 4.98 Å². The fourth-order valence-corrected chi connectivity index (χ4v) is 1.57. The van der Waals surface area contributed by atoms with Crippen molar-refractivity contribution in [3.8, 4) is 0 Å². The summed E-state index contributed by atoms with van der Waals surface area (Å²) in [7, 11) is 1.77. The van der Waals surface area contributed by atoms with Gasteiger partial charge in [-0.2, -0.15) is 0 Å². The van der Waals surface area contributed by atoms with E-state index in [9.17, 15) is 4.79 Å². The first kappa shape index (κ1) is 12.2. The summed E-state index contributed by atoms with van der Waals surface area (Å²) >= 11 is 2.23. The highest BCUT2D eigenvalue weighted by molar-refractivity contribution is 14.1. The van der Waals surface area contributed by atoms with Gasteiger partial charge in [-0.1, -0.05) is 22.6 Å². The minimum absolute atomic E-state index is 0.339. The lowest BCUT2D eigenvalue weighted by molar-refractivity contribution is 0.0527. The molecule has 4 nitrogen and oxygen atoms in total. The predicted octanol–water partition coefficient (Wildman–Crippen LogP) is 2.24. The van der Waals surface area contributed by atoms with Crippen LogP contribution in [0.4, 0.5) is 5.69 Å². The number of anilines is 1. The van der Waals surface area contributed by atoms with E-state index >= 15 is 0 Å². The molecule has 82 valence electrons. The third-order valence-electron chi connectivity index (χ3n) is 1.86. The maximum Gasteiger partial charge on any atom is 0.341 e. The molecule has 0 atom stereocenters. The van der Waals surface area contributed by atoms with Gasteiger partial charge >= 0.3 is 5.97 Å². The number of aromatic nitrogens is 1. The first-order valence-corrected chi connectivity index (χ1v) is 6.15. The van der Waals surface area contributed by atoms with E-state index in [0.29, 0.717) is 12.2 Å². The van der Waals surface area contributed by atoms with Gasteiger partial charge in [0.15, 0.2) is 0 Å². The summed E-state index contributed by atoms with van der Waals surface area (Å²) in [5.74, 6) is -0.339. The third-order valence-corrected chi connectivity index (χ3v) is 2.64. The Kier molecular flexibility index (Phi) is 4.80. The average molecular weight is 320 g/mol. The molecule has 0 amide bonds. The Morgan fingerprint density at radius 2 is 2.40 bits per heavy atom. The minimum atomic E-state index is -0.339. The molecule has 0 fully saturated rings. The number of carbonyl (C=O) groups excluding carboxylic acids is 1. The monoisotopic (exact) mass is 320 g/mol. The van der Waals surface area contributed by atoms with Crippen molar-refractivity contribution < 1.29 is 9.53 Å². The highest BCUT2D eigenvalue weighted by Gasteiger charge is 2.12. The molecule has 5 heteroatoms. The summed E-state index contributed by atoms with van der Waals surface area (Å²) in [6, 6.07) is 1.86. The lowest BCUT2D eigenvalue weighted by Gasteiger charge is -2.08. The number of rotatable bonds is 4. The zero-order valence-corrected chi connectivity index (χ0v) is 10.9. The Bertz CT molecular complexity index is 355. The second-order valence-corrected chi connectivity index (χ2v) is 3.59. The number of esters is 1. The maximum absolute atomic E-state index is 11.5. The Balaban J connectivity index is 3.02. The van der Waals surface area contributed by atoms with Crippen LogP contribution >= 0.6 is 22.6 Å². The first-order valence-electron chi connectivity index (χ1n) is 4.62. The van der Waals surface area contributed by atoms with Crippen LogP contribution < -0.4 is 5.32 Å². The molecular formula is C10H13IN2O2. The van der Waals surface area contributed by atoms with E-state index in [1.165, 1.54) is 0 Å². The number of ether oxygens (including phenoxy) is 1. The van der Waals surface area contributed by atoms with Crippen LogP contribution in [0, 0.1) is 0 Å². The molecule has 1 rings (SSSR count). The number of alkyl halides is 1. The summed E-state index contributed by atoms with van der Waals surface area (Å²) in [6.45, 7) is 2.15. The van der Waals surface area contributed by atoms with E-state index in [1.54, 1.807) is 20.2 Å². The van der Waals surface area contributed by atoms with Crippen LogP contribution in [-0.4, -0.2) is 24.6 Å². The molecule has 15 heavy (non-hydrogen) atoms. The fraction of sp³-hybridized carbons (Fsp3) is 0.400. The van der Waals surface area contributed by atoms with Gasteiger partial charge in [0.05, 0.1) is 18.0 Å². The lowest BCUT2D eigenvalue weighted by atomic mass is 10.2. The molecule has 1 aromatic rings. The van der Waals surface area contributed by atoms with E-state index < -0.39 is 0 Å². The van der Waals surface area contributed by atoms with Gasteiger partial charge in [-0.25, -0.2) is 4.79 Å². The normalized spacial score (nSPS) is 9.80. The van der Waals surface area contributed by atoms with Gasteiger partial charge < -0.3 is 10.1 Å². The first-order chi connectivity index (χ1) is 7.22. The number of nitrogens with one attached hydrogen (secondary N) is 1. The molecule has 0 saturated heterocycles. The van der Waals surface area contributed by atoms with Crippen LogP contribution in [0.1, 0.15) is 23.0 Å². The van der Waals surface area contributed by atoms with Gasteiger partial charge in [-0.15, -0.1) is 0 Å². The number of hydrogen-bond donors (Lipinski definition) is 1. The second-order valence-electron chi connectivity index (χ2n) is 2.83. The number of nitrogens with zero attached hydrogens (tertiary/aromatic N) is 1. The highest BCUT2D eigenvalue weighted by atomic mass is 127. The summed E-state index contributed by atoms with van der Waals surface area (Å²) in [5, 5.41) is 2.97. The predicted molar refractivity (Wildman–Crippen MR) is 67.5 cm³/mol. The molecule has 0 spiro atoms. The second kappa shape index (κ2) is 5.89. The highest BCUT2D eigenvalue weighted by Crippen LogP contribution is 2.17. The molecule has 1 aromatic heterocycles. The number of pyridine rings is 1. The Hall–Kier alpha value is -0.850. The lowest BCUT2D eigenvalue weighted by Crippen LogP contribution is -2.09. The number of halogens is 1. The van der Waals surface area contributed by atoms with Crippen molar-refractivity contribution in [1.29, 1.82) is 0 Å². The van der Waals surface area contributed by atoms with Crippen molar-refractivity contribution in [2.24, 2.45) is 0 Å². The molecule has 1 heterocycles. The fourth-order valence-electron chi connectivity index (χ4n) is 1.15. The molecule has 0 aromatic carbocycles. The SMILES string of the molecule is CCOC(=O)c1cnc(CI)cc1NC. The third kappa shape index (κ3) is 3.05. The van der Waals surface area contributed by atoms with Gasteiger partial charge in [-0.05, 0) is 13.0 Å². The summed E-state index contributed by atoms with van der Waals surface area (Å²) in [6.07, 6.45) is 1.55. The summed E-state index contributed by atoms with van der Waals surface area (Å²) in [4.78, 5) is 15.7. The minimum Gasteiger partial charge on any atom is -0.462 e. The number of carbonyl (C=O) groups is 1. The smallest absolute Gasteiger partial charge is 0.341 e. The van der Waals surface area contributed by atoms with Crippen LogP contribution in [-0.2, 0) is 9.16 Å². The standard InChI is InChI=1S/C10H13IN2O2/c1-3-15-10(14)8-6-13-7(5-11)4-9(8)12-2/h4,6H,3,5H2,1-2H3,(H,12,13). The largest absolute Gasteiger partial charge is 0.462 e. The van der Waals surface area contributed by atoms with Gasteiger partial charge in [0.1, 0.15) is 5.56 Å². The summed E-state index contributed by atoms with van der Waals surface area (Å²) in [5.41, 5.74) is 2.18. The van der Waals surface area contributed by atoms with Crippen LogP contribution in [0.2, 0.25) is 0 Å². The van der Waals surface area contributed by atoms with Crippen LogP contribution in [0.15, 0.2) is 12.3 Å². The molecule has 0 bridgehead atoms. The van der Waals surface area contributed by atoms with Crippen molar-refractivity contribution in [2.45, 2.75) is 11.4 Å². The molecular weight excluding hydrogens is 307 g/mol. The average Bonchev–Trinajstić information content (AvgIpc) is 2.28. The van der Waals surface area contributed by atoms with E-state index in [4.69, 9.17) is 4.74 Å². The Morgan fingerprint density at radius 3 is 2.93 bits per heavy atom. The van der Waals surface area contributed by atoms with Crippen LogP contribution in [0.3, 0.4) is 0 Å². The molecule has 0 aliphatic heterocycles. The van der Waals surface area contributed by atoms with Gasteiger partial charge in [-0.3, -0.25) is 4.98 Å². The van der Waals surface area contributed by atoms with Gasteiger partial charge in [0, 0.05) is 17.7 Å². The van der Waals surface area contributed by atoms with E-state index in [-0.39, 0.29) is 5.97 Å². The molecule has 1 N–H and O–H groups in total. The number of hydrogen-bond acceptors (Lipinski definition) is 4. The molecule has 0 radical (unpaired) electrons. The topological polar surface area (TPSA) is 51.2 Å². The zero-order valence-electron chi connectivity index (χ0n) is 8.71. The van der Waals surface area contributed by atoms with Gasteiger partial charge in [0.25, 0.3) is 0 Å². The van der Waals surface area contributed by atoms with Crippen molar-refractivity contribution in [2.75, 3.05) is 19.0 Å². The van der Waals surface area contributed by atoms with Gasteiger partial charge in [0.2, 0.25) is 0 Å². The Morgan fingerprint density at radius 1 is 1.67 bits per heavy atom. The van der Waals surface area contributed by atoms with Crippen molar-refractivity contribution in [3.05, 3.63) is 23.5 Å². The van der Waals surface area contributed by atoms with Crippen LogP contribution in [0.5, 0.6) is 0 Å². The van der Waals surface area contributed by atoms with E-state index in [0.717, 1.165) is 15.8 Å². The molecule has 0 aliphatic carbocycles. The zero-order chi connectivity index (χ0) is 11.3. The van der Waals surface area contributed by atoms with Crippen molar-refractivity contribution in [3.63, 3.8) is 0 Å². The molecule has 0 saturated carbocycles. The van der Waals surface area contributed by atoms with Crippen LogP contribution in [0.25, 0.3) is 0 Å². The molecule has 0 aliphatic rings.